The Labute approximate surface area is 102 Å². The average molecular weight is 236 g/mol. The third-order valence-corrected chi connectivity index (χ3v) is 2.86. The van der Waals surface area contributed by atoms with E-state index in [4.69, 9.17) is 0 Å². The zero-order chi connectivity index (χ0) is 12.7. The zero-order valence-electron chi connectivity index (χ0n) is 10.5. The Hall–Kier alpha value is -1.58. The van der Waals surface area contributed by atoms with E-state index >= 15 is 0 Å². The standard InChI is InChI=1S/C13H20N2O2/c1-3-5-8-11(4-2)14-12-9-6-7-10-13(12)15(16)17/h6-7,9-11,14H,3-5,8H2,1-2H3. The molecule has 0 saturated carbocycles. The van der Waals surface area contributed by atoms with Crippen LogP contribution < -0.4 is 5.32 Å². The van der Waals surface area contributed by atoms with Gasteiger partial charge >= 0.3 is 0 Å². The van der Waals surface area contributed by atoms with Gasteiger partial charge in [0.15, 0.2) is 0 Å². The van der Waals surface area contributed by atoms with Crippen molar-refractivity contribution in [2.75, 3.05) is 5.32 Å². The number of anilines is 1. The number of nitrogens with one attached hydrogen (secondary N) is 1. The SMILES string of the molecule is CCCCC(CC)Nc1ccccc1[N+](=O)[O-]. The molecular weight excluding hydrogens is 216 g/mol. The van der Waals surface area contributed by atoms with Crippen LogP contribution >= 0.6 is 0 Å². The van der Waals surface area contributed by atoms with Gasteiger partial charge in [0.2, 0.25) is 0 Å². The van der Waals surface area contributed by atoms with Crippen LogP contribution in [0.15, 0.2) is 24.3 Å². The molecule has 0 amide bonds. The molecule has 1 aromatic rings. The van der Waals surface area contributed by atoms with Crippen molar-refractivity contribution in [2.24, 2.45) is 0 Å². The van der Waals surface area contributed by atoms with Crippen molar-refractivity contribution in [3.63, 3.8) is 0 Å². The summed E-state index contributed by atoms with van der Waals surface area (Å²) in [6.07, 6.45) is 4.33. The number of nitro groups is 1. The molecular formula is C13H20N2O2. The number of nitro benzene ring substituents is 1. The Morgan fingerprint density at radius 2 is 2.06 bits per heavy atom. The van der Waals surface area contributed by atoms with Crippen LogP contribution in [0, 0.1) is 10.1 Å². The number of hydrogen-bond donors (Lipinski definition) is 1. The lowest BCUT2D eigenvalue weighted by Gasteiger charge is -2.17. The van der Waals surface area contributed by atoms with E-state index in [1.165, 1.54) is 6.07 Å². The minimum atomic E-state index is -0.338. The monoisotopic (exact) mass is 236 g/mol. The molecule has 94 valence electrons. The molecule has 1 N–H and O–H groups in total. The van der Waals surface area contributed by atoms with E-state index in [-0.39, 0.29) is 10.6 Å². The van der Waals surface area contributed by atoms with Gasteiger partial charge in [-0.1, -0.05) is 38.8 Å². The first-order valence-electron chi connectivity index (χ1n) is 6.19. The molecule has 0 aliphatic carbocycles. The summed E-state index contributed by atoms with van der Waals surface area (Å²) in [7, 11) is 0. The lowest BCUT2D eigenvalue weighted by Crippen LogP contribution is -2.18. The van der Waals surface area contributed by atoms with E-state index in [1.807, 2.05) is 6.07 Å². The number of benzene rings is 1. The molecule has 0 fully saturated rings. The Bertz CT molecular complexity index is 366. The molecule has 4 heteroatoms. The largest absolute Gasteiger partial charge is 0.377 e. The summed E-state index contributed by atoms with van der Waals surface area (Å²) in [6.45, 7) is 4.25. The molecule has 1 rings (SSSR count). The van der Waals surface area contributed by atoms with Crippen molar-refractivity contribution >= 4 is 11.4 Å². The summed E-state index contributed by atoms with van der Waals surface area (Å²) in [6, 6.07) is 7.14. The van der Waals surface area contributed by atoms with Crippen LogP contribution in [0.25, 0.3) is 0 Å². The number of hydrogen-bond acceptors (Lipinski definition) is 3. The second kappa shape index (κ2) is 6.89. The van der Waals surface area contributed by atoms with Crippen LogP contribution in [0.1, 0.15) is 39.5 Å². The number of rotatable bonds is 7. The third-order valence-electron chi connectivity index (χ3n) is 2.86. The molecule has 1 aromatic carbocycles. The Kier molecular flexibility index (Phi) is 5.46. The lowest BCUT2D eigenvalue weighted by atomic mass is 10.1. The van der Waals surface area contributed by atoms with Crippen LogP contribution in [0.5, 0.6) is 0 Å². The normalized spacial score (nSPS) is 12.1. The summed E-state index contributed by atoms with van der Waals surface area (Å²) in [5, 5.41) is 14.1. The van der Waals surface area contributed by atoms with Gasteiger partial charge in [0.25, 0.3) is 5.69 Å². The third kappa shape index (κ3) is 4.06. The van der Waals surface area contributed by atoms with Gasteiger partial charge in [0.05, 0.1) is 4.92 Å². The van der Waals surface area contributed by atoms with Gasteiger partial charge in [-0.3, -0.25) is 10.1 Å². The van der Waals surface area contributed by atoms with Crippen molar-refractivity contribution in [1.29, 1.82) is 0 Å². The van der Waals surface area contributed by atoms with Crippen LogP contribution in [-0.4, -0.2) is 11.0 Å². The van der Waals surface area contributed by atoms with E-state index in [1.54, 1.807) is 12.1 Å². The number of unbranched alkanes of at least 4 members (excludes halogenated alkanes) is 1. The van der Waals surface area contributed by atoms with E-state index in [0.717, 1.165) is 25.7 Å². The molecule has 0 aromatic heterocycles. The summed E-state index contributed by atoms with van der Waals surface area (Å²) < 4.78 is 0. The van der Waals surface area contributed by atoms with Crippen molar-refractivity contribution in [2.45, 2.75) is 45.6 Å². The van der Waals surface area contributed by atoms with Crippen molar-refractivity contribution in [3.8, 4) is 0 Å². The molecule has 0 bridgehead atoms. The second-order valence-corrected chi connectivity index (χ2v) is 4.17. The highest BCUT2D eigenvalue weighted by Crippen LogP contribution is 2.25. The molecule has 17 heavy (non-hydrogen) atoms. The summed E-state index contributed by atoms with van der Waals surface area (Å²) in [4.78, 5) is 10.5. The second-order valence-electron chi connectivity index (χ2n) is 4.17. The highest BCUT2D eigenvalue weighted by molar-refractivity contribution is 5.61. The molecule has 4 nitrogen and oxygen atoms in total. The van der Waals surface area contributed by atoms with E-state index < -0.39 is 0 Å². The lowest BCUT2D eigenvalue weighted by molar-refractivity contribution is -0.384. The van der Waals surface area contributed by atoms with E-state index in [0.29, 0.717) is 11.7 Å². The number of para-hydroxylation sites is 2. The summed E-state index contributed by atoms with van der Waals surface area (Å²) in [5.74, 6) is 0. The van der Waals surface area contributed by atoms with Crippen LogP contribution in [0.4, 0.5) is 11.4 Å². The fourth-order valence-corrected chi connectivity index (χ4v) is 1.80. The fraction of sp³-hybridized carbons (Fsp3) is 0.538. The van der Waals surface area contributed by atoms with Crippen LogP contribution in [-0.2, 0) is 0 Å². The number of nitrogens with zero attached hydrogens (tertiary/aromatic N) is 1. The maximum Gasteiger partial charge on any atom is 0.292 e. The van der Waals surface area contributed by atoms with E-state index in [2.05, 4.69) is 19.2 Å². The molecule has 0 spiro atoms. The Balaban J connectivity index is 2.75. The van der Waals surface area contributed by atoms with Crippen LogP contribution in [0.2, 0.25) is 0 Å². The molecule has 0 saturated heterocycles. The van der Waals surface area contributed by atoms with Crippen molar-refractivity contribution < 1.29 is 4.92 Å². The molecule has 1 atom stereocenters. The van der Waals surface area contributed by atoms with Gasteiger partial charge in [0, 0.05) is 12.1 Å². The van der Waals surface area contributed by atoms with E-state index in [9.17, 15) is 10.1 Å². The maximum absolute atomic E-state index is 10.9. The first-order valence-corrected chi connectivity index (χ1v) is 6.19. The molecule has 0 aliphatic heterocycles. The smallest absolute Gasteiger partial charge is 0.292 e. The topological polar surface area (TPSA) is 55.2 Å². The fourth-order valence-electron chi connectivity index (χ4n) is 1.80. The molecule has 0 radical (unpaired) electrons. The minimum Gasteiger partial charge on any atom is -0.377 e. The molecule has 1 unspecified atom stereocenters. The first-order chi connectivity index (χ1) is 8.19. The zero-order valence-corrected chi connectivity index (χ0v) is 10.5. The molecule has 0 aliphatic rings. The molecule has 0 heterocycles. The first kappa shape index (κ1) is 13.5. The summed E-state index contributed by atoms with van der Waals surface area (Å²) >= 11 is 0. The van der Waals surface area contributed by atoms with Gasteiger partial charge in [-0.05, 0) is 18.9 Å². The van der Waals surface area contributed by atoms with Gasteiger partial charge in [-0.2, -0.15) is 0 Å². The quantitative estimate of drug-likeness (QED) is 0.575. The van der Waals surface area contributed by atoms with Gasteiger partial charge in [-0.25, -0.2) is 0 Å². The Morgan fingerprint density at radius 3 is 2.65 bits per heavy atom. The predicted octanol–water partition coefficient (Wildman–Crippen LogP) is 3.98. The average Bonchev–Trinajstić information content (AvgIpc) is 2.34. The van der Waals surface area contributed by atoms with Crippen LogP contribution in [0.3, 0.4) is 0 Å². The highest BCUT2D eigenvalue weighted by atomic mass is 16.6. The van der Waals surface area contributed by atoms with Gasteiger partial charge in [-0.15, -0.1) is 0 Å². The minimum absolute atomic E-state index is 0.155. The maximum atomic E-state index is 10.9. The van der Waals surface area contributed by atoms with Crippen molar-refractivity contribution in [3.05, 3.63) is 34.4 Å². The summed E-state index contributed by atoms with van der Waals surface area (Å²) in [5.41, 5.74) is 0.780. The Morgan fingerprint density at radius 1 is 1.35 bits per heavy atom. The van der Waals surface area contributed by atoms with Gasteiger partial charge < -0.3 is 5.32 Å². The van der Waals surface area contributed by atoms with Gasteiger partial charge in [0.1, 0.15) is 5.69 Å². The predicted molar refractivity (Wildman–Crippen MR) is 70.3 cm³/mol. The highest BCUT2D eigenvalue weighted by Gasteiger charge is 2.14. The van der Waals surface area contributed by atoms with Crippen molar-refractivity contribution in [1.82, 2.24) is 0 Å².